The van der Waals surface area contributed by atoms with Gasteiger partial charge in [-0.15, -0.1) is 0 Å². The Bertz CT molecular complexity index is 1120. The standard InChI is InChI=1S/C20H17N3O5/c1-11(18(25)13-7-9-14(10-8-13)21-12(2)24)28-20(27)17-15-5-3-4-6-16(15)19(26)23-22-17/h3-11H,1-2H3,(H,21,24)(H,23,26)/t11-/m0/s1. The van der Waals surface area contributed by atoms with Crippen molar-refractivity contribution >= 4 is 34.1 Å². The van der Waals surface area contributed by atoms with Gasteiger partial charge >= 0.3 is 5.97 Å². The lowest BCUT2D eigenvalue weighted by atomic mass is 10.1. The van der Waals surface area contributed by atoms with Gasteiger partial charge in [0, 0.05) is 23.6 Å². The highest BCUT2D eigenvalue weighted by Crippen LogP contribution is 2.16. The molecule has 0 fully saturated rings. The van der Waals surface area contributed by atoms with Gasteiger partial charge in [-0.1, -0.05) is 18.2 Å². The van der Waals surface area contributed by atoms with Crippen LogP contribution in [0.1, 0.15) is 34.7 Å². The topological polar surface area (TPSA) is 118 Å². The Morgan fingerprint density at radius 1 is 1.04 bits per heavy atom. The number of carbonyl (C=O) groups excluding carboxylic acids is 3. The van der Waals surface area contributed by atoms with Gasteiger partial charge in [-0.3, -0.25) is 14.4 Å². The van der Waals surface area contributed by atoms with Crippen LogP contribution in [-0.4, -0.2) is 34.0 Å². The predicted molar refractivity (Wildman–Crippen MR) is 102 cm³/mol. The van der Waals surface area contributed by atoms with E-state index in [4.69, 9.17) is 4.74 Å². The molecule has 1 aromatic heterocycles. The van der Waals surface area contributed by atoms with Crippen LogP contribution >= 0.6 is 0 Å². The van der Waals surface area contributed by atoms with Gasteiger partial charge in [-0.2, -0.15) is 5.10 Å². The van der Waals surface area contributed by atoms with Gasteiger partial charge in [-0.05, 0) is 37.3 Å². The first-order valence-electron chi connectivity index (χ1n) is 8.47. The molecule has 8 nitrogen and oxygen atoms in total. The lowest BCUT2D eigenvalue weighted by Gasteiger charge is -2.13. The van der Waals surface area contributed by atoms with Gasteiger partial charge in [0.2, 0.25) is 11.7 Å². The van der Waals surface area contributed by atoms with Crippen LogP contribution in [0, 0.1) is 0 Å². The number of nitrogens with one attached hydrogen (secondary N) is 2. The van der Waals surface area contributed by atoms with Gasteiger partial charge < -0.3 is 10.1 Å². The SMILES string of the molecule is CC(=O)Nc1ccc(C(=O)[C@H](C)OC(=O)c2n[nH]c(=O)c3ccccc23)cc1. The van der Waals surface area contributed by atoms with Crippen LogP contribution in [0.3, 0.4) is 0 Å². The number of carbonyl (C=O) groups is 3. The number of esters is 1. The maximum absolute atomic E-state index is 12.5. The van der Waals surface area contributed by atoms with Crippen molar-refractivity contribution in [3.05, 3.63) is 70.1 Å². The van der Waals surface area contributed by atoms with E-state index in [1.54, 1.807) is 36.4 Å². The molecule has 0 spiro atoms. The molecule has 2 aromatic carbocycles. The molecule has 0 saturated carbocycles. The Kier molecular flexibility index (Phi) is 5.30. The molecule has 2 N–H and O–H groups in total. The van der Waals surface area contributed by atoms with E-state index >= 15 is 0 Å². The number of H-pyrrole nitrogens is 1. The molecular weight excluding hydrogens is 362 g/mol. The zero-order valence-corrected chi connectivity index (χ0v) is 15.2. The average molecular weight is 379 g/mol. The molecule has 1 amide bonds. The largest absolute Gasteiger partial charge is 0.449 e. The highest BCUT2D eigenvalue weighted by Gasteiger charge is 2.23. The molecule has 0 saturated heterocycles. The second-order valence-electron chi connectivity index (χ2n) is 6.12. The number of benzene rings is 2. The van der Waals surface area contributed by atoms with Crippen molar-refractivity contribution in [1.29, 1.82) is 0 Å². The number of aromatic amines is 1. The zero-order chi connectivity index (χ0) is 20.3. The van der Waals surface area contributed by atoms with Crippen LogP contribution in [0.5, 0.6) is 0 Å². The fourth-order valence-electron chi connectivity index (χ4n) is 2.70. The number of ketones is 1. The van der Waals surface area contributed by atoms with Gasteiger partial charge in [-0.25, -0.2) is 9.89 Å². The van der Waals surface area contributed by atoms with Crippen molar-refractivity contribution in [2.24, 2.45) is 0 Å². The monoisotopic (exact) mass is 379 g/mol. The molecule has 0 aliphatic heterocycles. The highest BCUT2D eigenvalue weighted by atomic mass is 16.5. The minimum atomic E-state index is -1.06. The minimum absolute atomic E-state index is 0.0733. The molecule has 1 atom stereocenters. The van der Waals surface area contributed by atoms with Gasteiger partial charge in [0.05, 0.1) is 5.39 Å². The lowest BCUT2D eigenvalue weighted by Crippen LogP contribution is -2.26. The summed E-state index contributed by atoms with van der Waals surface area (Å²) in [5.41, 5.74) is 0.387. The Morgan fingerprint density at radius 3 is 2.32 bits per heavy atom. The summed E-state index contributed by atoms with van der Waals surface area (Å²) in [6, 6.07) is 12.7. The predicted octanol–water partition coefficient (Wildman–Crippen LogP) is 2.31. The van der Waals surface area contributed by atoms with Crippen LogP contribution in [0.25, 0.3) is 10.8 Å². The van der Waals surface area contributed by atoms with Crippen LogP contribution in [0.15, 0.2) is 53.3 Å². The number of fused-ring (bicyclic) bond motifs is 1. The quantitative estimate of drug-likeness (QED) is 0.519. The molecule has 1 heterocycles. The van der Waals surface area contributed by atoms with E-state index in [2.05, 4.69) is 15.5 Å². The van der Waals surface area contributed by atoms with E-state index in [-0.39, 0.29) is 11.6 Å². The molecule has 142 valence electrons. The number of Topliss-reactive ketones (excluding diaryl/α,β-unsaturated/α-hetero) is 1. The van der Waals surface area contributed by atoms with Crippen LogP contribution in [-0.2, 0) is 9.53 Å². The third-order valence-electron chi connectivity index (χ3n) is 4.03. The first kappa shape index (κ1) is 19.0. The summed E-state index contributed by atoms with van der Waals surface area (Å²) < 4.78 is 5.25. The first-order valence-corrected chi connectivity index (χ1v) is 8.47. The normalized spacial score (nSPS) is 11.6. The number of ether oxygens (including phenoxy) is 1. The number of anilines is 1. The van der Waals surface area contributed by atoms with Gasteiger partial charge in [0.15, 0.2) is 11.8 Å². The molecular formula is C20H17N3O5. The maximum atomic E-state index is 12.5. The van der Waals surface area contributed by atoms with E-state index in [1.807, 2.05) is 0 Å². The summed E-state index contributed by atoms with van der Waals surface area (Å²) in [5.74, 6) is -1.44. The van der Waals surface area contributed by atoms with Crippen LogP contribution < -0.4 is 10.9 Å². The molecule has 0 bridgehead atoms. The third-order valence-corrected chi connectivity index (χ3v) is 4.03. The number of hydrogen-bond donors (Lipinski definition) is 2. The van der Waals surface area contributed by atoms with Crippen molar-refractivity contribution in [1.82, 2.24) is 10.2 Å². The summed E-state index contributed by atoms with van der Waals surface area (Å²) in [7, 11) is 0. The smallest absolute Gasteiger partial charge is 0.360 e. The maximum Gasteiger partial charge on any atom is 0.360 e. The summed E-state index contributed by atoms with van der Waals surface area (Å²) in [6.45, 7) is 2.84. The molecule has 0 aliphatic rings. The van der Waals surface area contributed by atoms with E-state index in [0.717, 1.165) is 0 Å². The van der Waals surface area contributed by atoms with E-state index < -0.39 is 23.4 Å². The van der Waals surface area contributed by atoms with Gasteiger partial charge in [0.1, 0.15) is 0 Å². The second kappa shape index (κ2) is 7.83. The lowest BCUT2D eigenvalue weighted by molar-refractivity contribution is -0.114. The summed E-state index contributed by atoms with van der Waals surface area (Å²) in [6.07, 6.45) is -1.06. The Labute approximate surface area is 159 Å². The molecule has 0 unspecified atom stereocenters. The van der Waals surface area contributed by atoms with Crippen molar-refractivity contribution in [2.45, 2.75) is 20.0 Å². The van der Waals surface area contributed by atoms with E-state index in [9.17, 15) is 19.2 Å². The average Bonchev–Trinajstić information content (AvgIpc) is 2.68. The fourth-order valence-corrected chi connectivity index (χ4v) is 2.70. The fraction of sp³-hybridized carbons (Fsp3) is 0.150. The molecule has 0 aliphatic carbocycles. The summed E-state index contributed by atoms with van der Waals surface area (Å²) in [4.78, 5) is 47.9. The number of amides is 1. The van der Waals surface area contributed by atoms with Gasteiger partial charge in [0.25, 0.3) is 5.56 Å². The Balaban J connectivity index is 1.77. The Hall–Kier alpha value is -3.81. The van der Waals surface area contributed by atoms with Crippen LogP contribution in [0.2, 0.25) is 0 Å². The second-order valence-corrected chi connectivity index (χ2v) is 6.12. The van der Waals surface area contributed by atoms with Crippen molar-refractivity contribution in [2.75, 3.05) is 5.32 Å². The molecule has 0 radical (unpaired) electrons. The first-order chi connectivity index (χ1) is 13.4. The number of hydrogen-bond acceptors (Lipinski definition) is 6. The summed E-state index contributed by atoms with van der Waals surface area (Å²) in [5, 5.41) is 9.27. The zero-order valence-electron chi connectivity index (χ0n) is 15.2. The molecule has 3 aromatic rings. The number of aromatic nitrogens is 2. The summed E-state index contributed by atoms with van der Waals surface area (Å²) >= 11 is 0. The van der Waals surface area contributed by atoms with E-state index in [1.165, 1.54) is 26.0 Å². The van der Waals surface area contributed by atoms with Crippen molar-refractivity contribution in [3.63, 3.8) is 0 Å². The number of nitrogens with zero attached hydrogens (tertiary/aromatic N) is 1. The Morgan fingerprint density at radius 2 is 1.68 bits per heavy atom. The molecule has 3 rings (SSSR count). The third kappa shape index (κ3) is 3.96. The molecule has 8 heteroatoms. The van der Waals surface area contributed by atoms with E-state index in [0.29, 0.717) is 22.0 Å². The highest BCUT2D eigenvalue weighted by molar-refractivity contribution is 6.05. The van der Waals surface area contributed by atoms with Crippen molar-refractivity contribution < 1.29 is 19.1 Å². The number of rotatable bonds is 5. The minimum Gasteiger partial charge on any atom is -0.449 e. The van der Waals surface area contributed by atoms with Crippen molar-refractivity contribution in [3.8, 4) is 0 Å². The molecule has 28 heavy (non-hydrogen) atoms. The van der Waals surface area contributed by atoms with Crippen LogP contribution in [0.4, 0.5) is 5.69 Å².